The molecule has 96 valence electrons. The Morgan fingerprint density at radius 1 is 0.882 bits per heavy atom. The Labute approximate surface area is 102 Å². The van der Waals surface area contributed by atoms with E-state index in [2.05, 4.69) is 0 Å². The Kier molecular flexibility index (Phi) is 6.25. The number of rotatable bonds is 6. The highest BCUT2D eigenvalue weighted by Crippen LogP contribution is 2.24. The quantitative estimate of drug-likeness (QED) is 0.553. The predicted octanol–water partition coefficient (Wildman–Crippen LogP) is 3.00. The van der Waals surface area contributed by atoms with Crippen LogP contribution in [-0.2, 0) is 9.59 Å². The molecule has 4 heteroatoms. The molecule has 0 aliphatic heterocycles. The standard InChI is InChI=1S/C13H20O4/c1-5-6-7-11(10(4)13(16)17)8(2)9(3)12(14)15/h5-7H2,1-4H3,(H,14,15)(H,16,17). The molecule has 2 N–H and O–H groups in total. The van der Waals surface area contributed by atoms with Crippen molar-refractivity contribution in [3.05, 3.63) is 22.3 Å². The third kappa shape index (κ3) is 4.43. The SMILES string of the molecule is CCCCC(C(C)=C(C)C(=O)O)=C(C)C(=O)O. The molecule has 0 saturated heterocycles. The van der Waals surface area contributed by atoms with E-state index in [0.29, 0.717) is 17.6 Å². The Morgan fingerprint density at radius 3 is 1.71 bits per heavy atom. The fraction of sp³-hybridized carbons (Fsp3) is 0.538. The fourth-order valence-corrected chi connectivity index (χ4v) is 1.53. The largest absolute Gasteiger partial charge is 0.478 e. The maximum atomic E-state index is 11.0. The second-order valence-corrected chi connectivity index (χ2v) is 4.07. The van der Waals surface area contributed by atoms with Crippen molar-refractivity contribution in [1.82, 2.24) is 0 Å². The summed E-state index contributed by atoms with van der Waals surface area (Å²) in [5.74, 6) is -2.00. The van der Waals surface area contributed by atoms with Gasteiger partial charge >= 0.3 is 11.9 Å². The van der Waals surface area contributed by atoms with Gasteiger partial charge in [0.2, 0.25) is 0 Å². The van der Waals surface area contributed by atoms with Gasteiger partial charge in [0, 0.05) is 11.1 Å². The third-order valence-electron chi connectivity index (χ3n) is 2.89. The fourth-order valence-electron chi connectivity index (χ4n) is 1.53. The van der Waals surface area contributed by atoms with Gasteiger partial charge in [0.05, 0.1) is 0 Å². The minimum atomic E-state index is -1.00. The van der Waals surface area contributed by atoms with Crippen LogP contribution in [0.3, 0.4) is 0 Å². The molecular formula is C13H20O4. The molecule has 0 radical (unpaired) electrons. The van der Waals surface area contributed by atoms with Crippen molar-refractivity contribution < 1.29 is 19.8 Å². The van der Waals surface area contributed by atoms with E-state index in [1.165, 1.54) is 13.8 Å². The lowest BCUT2D eigenvalue weighted by Crippen LogP contribution is -2.07. The van der Waals surface area contributed by atoms with Crippen LogP contribution in [0.4, 0.5) is 0 Å². The molecule has 0 spiro atoms. The number of carboxylic acid groups (broad SMARTS) is 2. The van der Waals surface area contributed by atoms with Crippen molar-refractivity contribution in [3.63, 3.8) is 0 Å². The summed E-state index contributed by atoms with van der Waals surface area (Å²) in [7, 11) is 0. The van der Waals surface area contributed by atoms with E-state index in [4.69, 9.17) is 10.2 Å². The number of allylic oxidation sites excluding steroid dienone is 2. The first-order valence-corrected chi connectivity index (χ1v) is 5.67. The van der Waals surface area contributed by atoms with Crippen LogP contribution in [0.25, 0.3) is 0 Å². The summed E-state index contributed by atoms with van der Waals surface area (Å²) in [6.07, 6.45) is 2.39. The molecule has 0 atom stereocenters. The van der Waals surface area contributed by atoms with E-state index in [-0.39, 0.29) is 11.1 Å². The van der Waals surface area contributed by atoms with Gasteiger partial charge in [-0.3, -0.25) is 0 Å². The average Bonchev–Trinajstić information content (AvgIpc) is 2.27. The number of aliphatic carboxylic acids is 2. The van der Waals surface area contributed by atoms with E-state index in [1.807, 2.05) is 6.92 Å². The van der Waals surface area contributed by atoms with Crippen LogP contribution < -0.4 is 0 Å². The molecule has 4 nitrogen and oxygen atoms in total. The molecule has 0 aromatic heterocycles. The lowest BCUT2D eigenvalue weighted by Gasteiger charge is -2.12. The van der Waals surface area contributed by atoms with Crippen molar-refractivity contribution in [2.24, 2.45) is 0 Å². The van der Waals surface area contributed by atoms with Crippen LogP contribution in [-0.4, -0.2) is 22.2 Å². The highest BCUT2D eigenvalue weighted by atomic mass is 16.4. The van der Waals surface area contributed by atoms with Crippen molar-refractivity contribution >= 4 is 11.9 Å². The lowest BCUT2D eigenvalue weighted by atomic mass is 9.93. The highest BCUT2D eigenvalue weighted by molar-refractivity contribution is 5.91. The van der Waals surface area contributed by atoms with Gasteiger partial charge in [0.25, 0.3) is 0 Å². The first kappa shape index (κ1) is 15.4. The normalized spacial score (nSPS) is 13.9. The molecule has 0 aromatic carbocycles. The van der Waals surface area contributed by atoms with Crippen molar-refractivity contribution in [2.75, 3.05) is 0 Å². The zero-order chi connectivity index (χ0) is 13.6. The smallest absolute Gasteiger partial charge is 0.331 e. The van der Waals surface area contributed by atoms with Gasteiger partial charge in [0.15, 0.2) is 0 Å². The number of hydrogen-bond acceptors (Lipinski definition) is 2. The Balaban J connectivity index is 5.49. The molecular weight excluding hydrogens is 220 g/mol. The van der Waals surface area contributed by atoms with Gasteiger partial charge in [-0.15, -0.1) is 0 Å². The maximum absolute atomic E-state index is 11.0. The van der Waals surface area contributed by atoms with E-state index < -0.39 is 11.9 Å². The monoisotopic (exact) mass is 240 g/mol. The zero-order valence-corrected chi connectivity index (χ0v) is 10.8. The average molecular weight is 240 g/mol. The van der Waals surface area contributed by atoms with Gasteiger partial charge in [-0.05, 0) is 44.8 Å². The molecule has 0 aliphatic carbocycles. The Hall–Kier alpha value is -1.58. The Morgan fingerprint density at radius 2 is 1.35 bits per heavy atom. The number of carbonyl (C=O) groups is 2. The zero-order valence-electron chi connectivity index (χ0n) is 10.8. The first-order chi connectivity index (χ1) is 7.82. The number of carboxylic acids is 2. The summed E-state index contributed by atoms with van der Waals surface area (Å²) in [5.41, 5.74) is 1.64. The van der Waals surface area contributed by atoms with Crippen LogP contribution in [0.1, 0.15) is 47.0 Å². The summed E-state index contributed by atoms with van der Waals surface area (Å²) in [6, 6.07) is 0. The maximum Gasteiger partial charge on any atom is 0.331 e. The van der Waals surface area contributed by atoms with E-state index in [1.54, 1.807) is 6.92 Å². The minimum Gasteiger partial charge on any atom is -0.478 e. The molecule has 0 amide bonds. The summed E-state index contributed by atoms with van der Waals surface area (Å²) in [4.78, 5) is 21.9. The topological polar surface area (TPSA) is 74.6 Å². The molecule has 0 aromatic rings. The van der Waals surface area contributed by atoms with Gasteiger partial charge in [-0.25, -0.2) is 9.59 Å². The van der Waals surface area contributed by atoms with E-state index >= 15 is 0 Å². The van der Waals surface area contributed by atoms with Gasteiger partial charge in [-0.1, -0.05) is 13.3 Å². The van der Waals surface area contributed by atoms with Gasteiger partial charge in [-0.2, -0.15) is 0 Å². The highest BCUT2D eigenvalue weighted by Gasteiger charge is 2.15. The predicted molar refractivity (Wildman–Crippen MR) is 65.9 cm³/mol. The van der Waals surface area contributed by atoms with Crippen LogP contribution >= 0.6 is 0 Å². The summed E-state index contributed by atoms with van der Waals surface area (Å²) < 4.78 is 0. The summed E-state index contributed by atoms with van der Waals surface area (Å²) >= 11 is 0. The molecule has 17 heavy (non-hydrogen) atoms. The third-order valence-corrected chi connectivity index (χ3v) is 2.89. The van der Waals surface area contributed by atoms with Crippen LogP contribution in [0, 0.1) is 0 Å². The lowest BCUT2D eigenvalue weighted by molar-refractivity contribution is -0.133. The summed E-state index contributed by atoms with van der Waals surface area (Å²) in [6.45, 7) is 6.70. The van der Waals surface area contributed by atoms with Crippen molar-refractivity contribution in [2.45, 2.75) is 47.0 Å². The van der Waals surface area contributed by atoms with E-state index in [9.17, 15) is 9.59 Å². The second-order valence-electron chi connectivity index (χ2n) is 4.07. The summed E-state index contributed by atoms with van der Waals surface area (Å²) in [5, 5.41) is 17.9. The molecule has 0 unspecified atom stereocenters. The van der Waals surface area contributed by atoms with Crippen LogP contribution in [0.15, 0.2) is 22.3 Å². The molecule has 0 heterocycles. The molecule has 0 fully saturated rings. The number of hydrogen-bond donors (Lipinski definition) is 2. The van der Waals surface area contributed by atoms with Crippen molar-refractivity contribution in [1.29, 1.82) is 0 Å². The number of unbranched alkanes of at least 4 members (excludes halogenated alkanes) is 1. The van der Waals surface area contributed by atoms with Gasteiger partial charge in [0.1, 0.15) is 0 Å². The van der Waals surface area contributed by atoms with E-state index in [0.717, 1.165) is 12.8 Å². The van der Waals surface area contributed by atoms with Gasteiger partial charge < -0.3 is 10.2 Å². The Bertz CT molecular complexity index is 375. The molecule has 0 rings (SSSR count). The van der Waals surface area contributed by atoms with Crippen LogP contribution in [0.5, 0.6) is 0 Å². The second kappa shape index (κ2) is 6.89. The first-order valence-electron chi connectivity index (χ1n) is 5.67. The molecule has 0 aliphatic rings. The van der Waals surface area contributed by atoms with Crippen LogP contribution in [0.2, 0.25) is 0 Å². The minimum absolute atomic E-state index is 0.205. The van der Waals surface area contributed by atoms with Crippen molar-refractivity contribution in [3.8, 4) is 0 Å². The molecule has 0 bridgehead atoms. The molecule has 0 saturated carbocycles.